The molecule has 0 fully saturated rings. The second-order valence-electron chi connectivity index (χ2n) is 12.0. The van der Waals surface area contributed by atoms with E-state index in [1.807, 2.05) is 39.0 Å². The van der Waals surface area contributed by atoms with Crippen molar-refractivity contribution >= 4 is 5.97 Å². The number of rotatable bonds is 5. The van der Waals surface area contributed by atoms with Crippen LogP contribution in [0.4, 0.5) is 0 Å². The van der Waals surface area contributed by atoms with Crippen LogP contribution in [-0.2, 0) is 33.9 Å². The van der Waals surface area contributed by atoms with Crippen molar-refractivity contribution in [1.82, 2.24) is 0 Å². The van der Waals surface area contributed by atoms with Crippen molar-refractivity contribution in [2.24, 2.45) is 0 Å². The molecule has 0 saturated heterocycles. The molecule has 0 atom stereocenters. The quantitative estimate of drug-likeness (QED) is 0.489. The van der Waals surface area contributed by atoms with Crippen LogP contribution in [0.5, 0.6) is 11.5 Å². The van der Waals surface area contributed by atoms with Crippen molar-refractivity contribution in [1.29, 1.82) is 0 Å². The van der Waals surface area contributed by atoms with E-state index in [0.29, 0.717) is 18.4 Å². The number of aryl methyl sites for hydroxylation is 1. The van der Waals surface area contributed by atoms with Gasteiger partial charge in [-0.25, -0.2) is 0 Å². The van der Waals surface area contributed by atoms with Gasteiger partial charge in [0, 0.05) is 12.8 Å². The first-order valence-corrected chi connectivity index (χ1v) is 11.3. The molecule has 0 aromatic heterocycles. The molecule has 4 heteroatoms. The van der Waals surface area contributed by atoms with Gasteiger partial charge in [0.15, 0.2) is 0 Å². The maximum Gasteiger partial charge on any atom is 0.303 e. The summed E-state index contributed by atoms with van der Waals surface area (Å²) in [5.74, 6) is -0.366. The molecule has 0 bridgehead atoms. The average molecular weight is 441 g/mol. The van der Waals surface area contributed by atoms with Crippen molar-refractivity contribution in [3.8, 4) is 11.5 Å². The Morgan fingerprint density at radius 2 is 1.19 bits per heavy atom. The number of carboxylic acids is 1. The fraction of sp³-hybridized carbons (Fsp3) is 0.536. The van der Waals surface area contributed by atoms with Crippen molar-refractivity contribution in [2.45, 2.75) is 97.8 Å². The summed E-state index contributed by atoms with van der Waals surface area (Å²) < 4.78 is 0. The number of hydrogen-bond donors (Lipinski definition) is 3. The smallest absolute Gasteiger partial charge is 0.303 e. The second kappa shape index (κ2) is 8.80. The van der Waals surface area contributed by atoms with E-state index in [4.69, 9.17) is 5.11 Å². The zero-order valence-electron chi connectivity index (χ0n) is 21.2. The molecule has 0 amide bonds. The zero-order valence-corrected chi connectivity index (χ0v) is 21.2. The average Bonchev–Trinajstić information content (AvgIpc) is 2.60. The van der Waals surface area contributed by atoms with Crippen LogP contribution >= 0.6 is 0 Å². The number of hydrogen-bond acceptors (Lipinski definition) is 3. The SMILES string of the molecule is CC(C)(C)c1cc(Cc2cc(CCC(=O)O)cc(C(C)(C)C)c2O)c(O)c(C(C)(C)C)c1. The predicted molar refractivity (Wildman–Crippen MR) is 131 cm³/mol. The van der Waals surface area contributed by atoms with Gasteiger partial charge in [-0.3, -0.25) is 4.79 Å². The van der Waals surface area contributed by atoms with Gasteiger partial charge in [0.05, 0.1) is 0 Å². The molecule has 3 N–H and O–H groups in total. The van der Waals surface area contributed by atoms with Gasteiger partial charge >= 0.3 is 5.97 Å². The van der Waals surface area contributed by atoms with Gasteiger partial charge in [-0.2, -0.15) is 0 Å². The number of carboxylic acid groups (broad SMARTS) is 1. The highest BCUT2D eigenvalue weighted by Crippen LogP contribution is 2.41. The normalized spacial score (nSPS) is 12.8. The number of phenols is 2. The van der Waals surface area contributed by atoms with Crippen molar-refractivity contribution in [3.63, 3.8) is 0 Å². The molecule has 0 spiro atoms. The topological polar surface area (TPSA) is 77.8 Å². The summed E-state index contributed by atoms with van der Waals surface area (Å²) in [6.45, 7) is 18.8. The molecule has 32 heavy (non-hydrogen) atoms. The Labute approximate surface area is 193 Å². The molecule has 0 aliphatic carbocycles. The summed E-state index contributed by atoms with van der Waals surface area (Å²) in [6.07, 6.45) is 0.800. The highest BCUT2D eigenvalue weighted by molar-refractivity contribution is 5.67. The van der Waals surface area contributed by atoms with Crippen LogP contribution in [0, 0.1) is 0 Å². The number of phenolic OH excluding ortho intramolecular Hbond substituents is 2. The van der Waals surface area contributed by atoms with Crippen molar-refractivity contribution < 1.29 is 20.1 Å². The molecule has 2 aromatic rings. The summed E-state index contributed by atoms with van der Waals surface area (Å²) in [7, 11) is 0. The minimum atomic E-state index is -0.845. The first-order chi connectivity index (χ1) is 14.4. The first-order valence-electron chi connectivity index (χ1n) is 11.3. The fourth-order valence-corrected chi connectivity index (χ4v) is 3.90. The molecule has 0 unspecified atom stereocenters. The van der Waals surface area contributed by atoms with E-state index in [1.165, 1.54) is 0 Å². The van der Waals surface area contributed by atoms with Crippen LogP contribution in [0.2, 0.25) is 0 Å². The van der Waals surface area contributed by atoms with E-state index in [-0.39, 0.29) is 34.2 Å². The van der Waals surface area contributed by atoms with Gasteiger partial charge < -0.3 is 15.3 Å². The lowest BCUT2D eigenvalue weighted by Crippen LogP contribution is -2.18. The van der Waals surface area contributed by atoms with Crippen LogP contribution in [0.15, 0.2) is 24.3 Å². The van der Waals surface area contributed by atoms with Gasteiger partial charge in [0.1, 0.15) is 11.5 Å². The highest BCUT2D eigenvalue weighted by atomic mass is 16.4. The minimum Gasteiger partial charge on any atom is -0.507 e. The summed E-state index contributed by atoms with van der Waals surface area (Å²) in [5, 5.41) is 31.5. The molecule has 2 aromatic carbocycles. The summed E-state index contributed by atoms with van der Waals surface area (Å²) in [5.41, 5.74) is 4.54. The molecular weight excluding hydrogens is 400 g/mol. The van der Waals surface area contributed by atoms with Gasteiger partial charge in [0.2, 0.25) is 0 Å². The van der Waals surface area contributed by atoms with Gasteiger partial charge in [-0.05, 0) is 56.0 Å². The molecule has 4 nitrogen and oxygen atoms in total. The van der Waals surface area contributed by atoms with Crippen LogP contribution in [0.25, 0.3) is 0 Å². The van der Waals surface area contributed by atoms with Crippen LogP contribution in [0.1, 0.15) is 102 Å². The molecule has 2 rings (SSSR count). The van der Waals surface area contributed by atoms with Gasteiger partial charge in [-0.15, -0.1) is 0 Å². The van der Waals surface area contributed by atoms with Crippen LogP contribution in [0.3, 0.4) is 0 Å². The maximum absolute atomic E-state index is 11.2. The lowest BCUT2D eigenvalue weighted by atomic mass is 9.78. The second-order valence-corrected chi connectivity index (χ2v) is 12.0. The third-order valence-electron chi connectivity index (χ3n) is 5.93. The summed E-state index contributed by atoms with van der Waals surface area (Å²) in [4.78, 5) is 11.1. The Morgan fingerprint density at radius 3 is 1.62 bits per heavy atom. The molecule has 0 heterocycles. The van der Waals surface area contributed by atoms with E-state index >= 15 is 0 Å². The molecular formula is C28H40O4. The fourth-order valence-electron chi connectivity index (χ4n) is 3.90. The van der Waals surface area contributed by atoms with E-state index in [2.05, 4.69) is 47.6 Å². The number of aliphatic carboxylic acids is 1. The van der Waals surface area contributed by atoms with Crippen molar-refractivity contribution in [2.75, 3.05) is 0 Å². The van der Waals surface area contributed by atoms with Crippen LogP contribution in [-0.4, -0.2) is 21.3 Å². The molecule has 0 aliphatic heterocycles. The van der Waals surface area contributed by atoms with Crippen LogP contribution < -0.4 is 0 Å². The van der Waals surface area contributed by atoms with Gasteiger partial charge in [0.25, 0.3) is 0 Å². The zero-order chi connectivity index (χ0) is 24.6. The predicted octanol–water partition coefficient (Wildman–Crippen LogP) is 6.60. The largest absolute Gasteiger partial charge is 0.507 e. The summed E-state index contributed by atoms with van der Waals surface area (Å²) in [6, 6.07) is 7.91. The van der Waals surface area contributed by atoms with E-state index in [0.717, 1.165) is 27.8 Å². The van der Waals surface area contributed by atoms with Crippen molar-refractivity contribution in [3.05, 3.63) is 57.6 Å². The molecule has 0 saturated carbocycles. The molecule has 0 radical (unpaired) electrons. The summed E-state index contributed by atoms with van der Waals surface area (Å²) >= 11 is 0. The molecule has 176 valence electrons. The minimum absolute atomic E-state index is 0.0345. The standard InChI is InChI=1S/C28H40O4/c1-26(2,3)20-15-19(25(32)22(16-20)28(7,8)9)14-18-12-17(10-11-23(29)30)13-21(24(18)31)27(4,5)6/h12-13,15-16,31-32H,10-11,14H2,1-9H3,(H,29,30). The maximum atomic E-state index is 11.2. The number of carbonyl (C=O) groups is 1. The molecule has 0 aliphatic rings. The lowest BCUT2D eigenvalue weighted by molar-refractivity contribution is -0.136. The number of aromatic hydroxyl groups is 2. The Bertz CT molecular complexity index is 996. The lowest BCUT2D eigenvalue weighted by Gasteiger charge is -2.28. The Kier molecular flexibility index (Phi) is 7.09. The monoisotopic (exact) mass is 440 g/mol. The Morgan fingerprint density at radius 1 is 0.719 bits per heavy atom. The first kappa shape index (κ1) is 25.8. The Balaban J connectivity index is 2.69. The highest BCUT2D eigenvalue weighted by Gasteiger charge is 2.27. The third-order valence-corrected chi connectivity index (χ3v) is 5.93. The van der Waals surface area contributed by atoms with Gasteiger partial charge in [-0.1, -0.05) is 86.6 Å². The third kappa shape index (κ3) is 6.05. The van der Waals surface area contributed by atoms with E-state index in [9.17, 15) is 15.0 Å². The van der Waals surface area contributed by atoms with E-state index in [1.54, 1.807) is 0 Å². The van der Waals surface area contributed by atoms with E-state index < -0.39 is 5.97 Å². The number of benzene rings is 2. The Hall–Kier alpha value is -2.49.